The largest absolute Gasteiger partial charge is 0.408 e. The first-order valence-electron chi connectivity index (χ1n) is 11.4. The molecule has 5 rings (SSSR count). The predicted molar refractivity (Wildman–Crippen MR) is 130 cm³/mol. The third-order valence-corrected chi connectivity index (χ3v) is 6.22. The van der Waals surface area contributed by atoms with Crippen LogP contribution in [-0.4, -0.2) is 46.8 Å². The normalized spacial score (nSPS) is 12.8. The Labute approximate surface area is 208 Å². The molecule has 0 radical (unpaired) electrons. The number of halogens is 3. The van der Waals surface area contributed by atoms with Gasteiger partial charge >= 0.3 is 11.9 Å². The van der Waals surface area contributed by atoms with Crippen molar-refractivity contribution in [3.05, 3.63) is 76.9 Å². The number of carbonyl (C=O) groups is 1. The molecule has 190 valence electrons. The Morgan fingerprint density at radius 2 is 1.89 bits per heavy atom. The number of alkyl halides is 3. The monoisotopic (exact) mass is 509 g/mol. The van der Waals surface area contributed by atoms with Crippen molar-refractivity contribution in [3.8, 4) is 16.9 Å². The lowest BCUT2D eigenvalue weighted by atomic mass is 10.1. The van der Waals surface area contributed by atoms with Crippen LogP contribution in [0.4, 0.5) is 13.2 Å². The second-order valence-electron chi connectivity index (χ2n) is 8.74. The highest BCUT2D eigenvalue weighted by molar-refractivity contribution is 5.85. The summed E-state index contributed by atoms with van der Waals surface area (Å²) in [6, 6.07) is 6.67. The number of nitrogens with one attached hydrogen (secondary N) is 1. The molecule has 0 spiro atoms. The van der Waals surface area contributed by atoms with Crippen LogP contribution >= 0.6 is 0 Å². The van der Waals surface area contributed by atoms with Gasteiger partial charge in [0.1, 0.15) is 12.6 Å². The Morgan fingerprint density at radius 1 is 1.11 bits per heavy atom. The lowest BCUT2D eigenvalue weighted by Gasteiger charge is -2.17. The first-order valence-corrected chi connectivity index (χ1v) is 11.4. The van der Waals surface area contributed by atoms with Gasteiger partial charge < -0.3 is 5.32 Å². The van der Waals surface area contributed by atoms with Crippen LogP contribution in [0, 0.1) is 13.8 Å². The molecule has 1 atom stereocenters. The topological polar surface area (TPSA) is 99.1 Å². The number of amides is 1. The van der Waals surface area contributed by atoms with Crippen molar-refractivity contribution in [2.45, 2.75) is 39.5 Å². The standard InChI is InChI=1S/C25H22F3N7O2/c1-14-5-4-6-20-23(14)35(24(37)33(20)13-22(36)32-16(3)25(26,27)28)19-8-7-18(31-15(19)2)17-11-30-34-10-9-29-12-21(17)34/h4-12,16H,13H2,1-3H3,(H,32,36)/t16-/m0/s1. The molecule has 12 heteroatoms. The minimum atomic E-state index is -4.59. The van der Waals surface area contributed by atoms with E-state index in [9.17, 15) is 22.8 Å². The van der Waals surface area contributed by atoms with Gasteiger partial charge in [0, 0.05) is 18.0 Å². The van der Waals surface area contributed by atoms with Crippen LogP contribution < -0.4 is 11.0 Å². The van der Waals surface area contributed by atoms with Crippen molar-refractivity contribution in [2.75, 3.05) is 0 Å². The highest BCUT2D eigenvalue weighted by Crippen LogP contribution is 2.27. The molecule has 0 saturated carbocycles. The zero-order chi connectivity index (χ0) is 26.5. The number of aryl methyl sites for hydroxylation is 2. The molecule has 1 N–H and O–H groups in total. The summed E-state index contributed by atoms with van der Waals surface area (Å²) in [6.45, 7) is 3.86. The van der Waals surface area contributed by atoms with E-state index >= 15 is 0 Å². The first kappa shape index (κ1) is 24.2. The molecule has 1 amide bonds. The highest BCUT2D eigenvalue weighted by atomic mass is 19.4. The van der Waals surface area contributed by atoms with E-state index in [1.807, 2.05) is 18.3 Å². The minimum absolute atomic E-state index is 0.428. The van der Waals surface area contributed by atoms with Crippen molar-refractivity contribution in [1.29, 1.82) is 0 Å². The molecule has 0 aliphatic carbocycles. The molecular formula is C25H22F3N7O2. The smallest absolute Gasteiger partial charge is 0.343 e. The van der Waals surface area contributed by atoms with E-state index in [2.05, 4.69) is 10.1 Å². The molecule has 4 heterocycles. The summed E-state index contributed by atoms with van der Waals surface area (Å²) in [7, 11) is 0. The Bertz CT molecular complexity index is 1720. The number of para-hydroxylation sites is 1. The molecule has 1 aromatic carbocycles. The third-order valence-electron chi connectivity index (χ3n) is 6.22. The van der Waals surface area contributed by atoms with E-state index < -0.39 is 30.4 Å². The van der Waals surface area contributed by atoms with Gasteiger partial charge in [0.05, 0.1) is 46.0 Å². The van der Waals surface area contributed by atoms with E-state index in [1.54, 1.807) is 60.5 Å². The van der Waals surface area contributed by atoms with Crippen LogP contribution in [0.15, 0.2) is 59.9 Å². The van der Waals surface area contributed by atoms with E-state index in [-0.39, 0.29) is 0 Å². The molecule has 0 bridgehead atoms. The number of rotatable bonds is 5. The average Bonchev–Trinajstić information content (AvgIpc) is 3.39. The number of carbonyl (C=O) groups excluding carboxylic acids is 1. The van der Waals surface area contributed by atoms with Crippen LogP contribution in [0.1, 0.15) is 18.2 Å². The summed E-state index contributed by atoms with van der Waals surface area (Å²) < 4.78 is 43.1. The van der Waals surface area contributed by atoms with Gasteiger partial charge in [-0.2, -0.15) is 18.3 Å². The summed E-state index contributed by atoms with van der Waals surface area (Å²) in [5.74, 6) is -0.917. The van der Waals surface area contributed by atoms with E-state index in [1.165, 1.54) is 9.13 Å². The average molecular weight is 509 g/mol. The Morgan fingerprint density at radius 3 is 2.62 bits per heavy atom. The van der Waals surface area contributed by atoms with Crippen LogP contribution in [0.25, 0.3) is 33.5 Å². The molecule has 0 fully saturated rings. The SMILES string of the molecule is Cc1nc(-c2cnn3ccncc23)ccc1-n1c(=O)n(CC(=O)N[C@@H](C)C(F)(F)F)c2cccc(C)c21. The molecule has 37 heavy (non-hydrogen) atoms. The maximum atomic E-state index is 13.6. The molecule has 0 saturated heterocycles. The van der Waals surface area contributed by atoms with Gasteiger partial charge in [0.2, 0.25) is 5.91 Å². The van der Waals surface area contributed by atoms with Crippen molar-refractivity contribution >= 4 is 22.5 Å². The lowest BCUT2D eigenvalue weighted by molar-refractivity contribution is -0.158. The second-order valence-corrected chi connectivity index (χ2v) is 8.74. The maximum absolute atomic E-state index is 13.6. The van der Waals surface area contributed by atoms with Crippen molar-refractivity contribution in [2.24, 2.45) is 0 Å². The van der Waals surface area contributed by atoms with Crippen LogP contribution in [-0.2, 0) is 11.3 Å². The van der Waals surface area contributed by atoms with Crippen molar-refractivity contribution in [1.82, 2.24) is 34.0 Å². The van der Waals surface area contributed by atoms with E-state index in [0.717, 1.165) is 23.6 Å². The number of pyridine rings is 1. The van der Waals surface area contributed by atoms with Gasteiger partial charge in [-0.25, -0.2) is 9.31 Å². The summed E-state index contributed by atoms with van der Waals surface area (Å²) >= 11 is 0. The zero-order valence-corrected chi connectivity index (χ0v) is 20.1. The number of hydrogen-bond donors (Lipinski definition) is 1. The molecule has 0 aliphatic heterocycles. The number of imidazole rings is 1. The maximum Gasteiger partial charge on any atom is 0.408 e. The Kier molecular flexibility index (Phi) is 5.81. The first-order chi connectivity index (χ1) is 17.6. The molecule has 4 aromatic heterocycles. The fraction of sp³-hybridized carbons (Fsp3) is 0.240. The molecule has 0 unspecified atom stereocenters. The molecule has 9 nitrogen and oxygen atoms in total. The lowest BCUT2D eigenvalue weighted by Crippen LogP contribution is -2.45. The number of benzene rings is 1. The number of hydrogen-bond acceptors (Lipinski definition) is 5. The van der Waals surface area contributed by atoms with Crippen LogP contribution in [0.3, 0.4) is 0 Å². The summed E-state index contributed by atoms with van der Waals surface area (Å²) in [5, 5.41) is 6.22. The molecule has 0 aliphatic rings. The second kappa shape index (κ2) is 8.87. The van der Waals surface area contributed by atoms with Gasteiger partial charge in [-0.05, 0) is 44.5 Å². The van der Waals surface area contributed by atoms with Crippen LogP contribution in [0.5, 0.6) is 0 Å². The van der Waals surface area contributed by atoms with Gasteiger partial charge in [-0.15, -0.1) is 0 Å². The Balaban J connectivity index is 1.59. The fourth-order valence-corrected chi connectivity index (χ4v) is 4.33. The zero-order valence-electron chi connectivity index (χ0n) is 20.1. The minimum Gasteiger partial charge on any atom is -0.343 e. The summed E-state index contributed by atoms with van der Waals surface area (Å²) in [6.07, 6.45) is 2.12. The molecular weight excluding hydrogens is 487 g/mol. The van der Waals surface area contributed by atoms with Gasteiger partial charge in [0.25, 0.3) is 0 Å². The summed E-state index contributed by atoms with van der Waals surface area (Å²) in [5.41, 5.74) is 4.38. The van der Waals surface area contributed by atoms with Crippen molar-refractivity contribution < 1.29 is 18.0 Å². The van der Waals surface area contributed by atoms with Crippen LogP contribution in [0.2, 0.25) is 0 Å². The van der Waals surface area contributed by atoms with Crippen molar-refractivity contribution in [3.63, 3.8) is 0 Å². The quantitative estimate of drug-likeness (QED) is 0.391. The number of aromatic nitrogens is 6. The molecule has 5 aromatic rings. The Hall–Kier alpha value is -4.48. The highest BCUT2D eigenvalue weighted by Gasteiger charge is 2.37. The van der Waals surface area contributed by atoms with Gasteiger partial charge in [-0.3, -0.25) is 23.9 Å². The fourth-order valence-electron chi connectivity index (χ4n) is 4.33. The summed E-state index contributed by atoms with van der Waals surface area (Å²) in [4.78, 5) is 34.9. The number of nitrogens with zero attached hydrogens (tertiary/aromatic N) is 6. The van der Waals surface area contributed by atoms with Gasteiger partial charge in [0.15, 0.2) is 0 Å². The third kappa shape index (κ3) is 4.24. The van der Waals surface area contributed by atoms with E-state index in [4.69, 9.17) is 4.98 Å². The predicted octanol–water partition coefficient (Wildman–Crippen LogP) is 3.58. The van der Waals surface area contributed by atoms with E-state index in [0.29, 0.717) is 28.1 Å². The number of fused-ring (bicyclic) bond motifs is 2. The van der Waals surface area contributed by atoms with Gasteiger partial charge in [-0.1, -0.05) is 12.1 Å².